The number of ether oxygens (including phenoxy) is 3. The van der Waals surface area contributed by atoms with Crippen molar-refractivity contribution in [1.82, 2.24) is 5.32 Å². The van der Waals surface area contributed by atoms with Gasteiger partial charge in [-0.15, -0.1) is 0 Å². The Balaban J connectivity index is 1.82. The van der Waals surface area contributed by atoms with Crippen LogP contribution < -0.4 is 24.4 Å². The average Bonchev–Trinajstić information content (AvgIpc) is 3.30. The lowest BCUT2D eigenvalue weighted by Gasteiger charge is -2.24. The standard InChI is InChI=1S/C22H21FN2O7/c1-30-13-9-8-12(18(31-2)19(13)32-3)16-14-15(17(24-16)22(28)29)21(27)25(20(14)26)11-6-4-10(23)5-7-11/h4-9,14-17,24H,1-3H3,(H,28,29)/t14-,15-,16+,17+/m1/s1. The molecule has 10 heteroatoms. The van der Waals surface area contributed by atoms with E-state index in [1.165, 1.54) is 33.5 Å². The van der Waals surface area contributed by atoms with E-state index in [4.69, 9.17) is 14.2 Å². The van der Waals surface area contributed by atoms with Crippen LogP contribution in [0.15, 0.2) is 36.4 Å². The predicted molar refractivity (Wildman–Crippen MR) is 109 cm³/mol. The molecule has 4 atom stereocenters. The van der Waals surface area contributed by atoms with E-state index in [-0.39, 0.29) is 17.2 Å². The van der Waals surface area contributed by atoms with Crippen molar-refractivity contribution in [3.8, 4) is 17.2 Å². The maximum Gasteiger partial charge on any atom is 0.321 e. The molecule has 2 aliphatic rings. The molecule has 2 aromatic carbocycles. The first-order chi connectivity index (χ1) is 15.3. The molecule has 2 amide bonds. The molecule has 0 aliphatic carbocycles. The van der Waals surface area contributed by atoms with Crippen LogP contribution in [0.5, 0.6) is 17.2 Å². The van der Waals surface area contributed by atoms with Gasteiger partial charge in [0, 0.05) is 11.6 Å². The maximum absolute atomic E-state index is 13.4. The first kappa shape index (κ1) is 21.6. The molecule has 2 saturated heterocycles. The van der Waals surface area contributed by atoms with Crippen molar-refractivity contribution < 1.29 is 38.1 Å². The van der Waals surface area contributed by atoms with Gasteiger partial charge in [0.1, 0.15) is 11.9 Å². The molecule has 2 heterocycles. The highest BCUT2D eigenvalue weighted by Gasteiger charge is 2.61. The van der Waals surface area contributed by atoms with Crippen molar-refractivity contribution in [2.75, 3.05) is 26.2 Å². The fourth-order valence-corrected chi connectivity index (χ4v) is 4.54. The minimum atomic E-state index is -1.30. The van der Waals surface area contributed by atoms with Crippen LogP contribution in [0, 0.1) is 17.7 Å². The van der Waals surface area contributed by atoms with Gasteiger partial charge in [-0.3, -0.25) is 19.7 Å². The number of nitrogens with zero attached hydrogens (tertiary/aromatic N) is 1. The molecule has 0 spiro atoms. The molecule has 0 aromatic heterocycles. The molecule has 2 aliphatic heterocycles. The molecule has 0 unspecified atom stereocenters. The number of rotatable bonds is 6. The Kier molecular flexibility index (Phi) is 5.47. The third-order valence-corrected chi connectivity index (χ3v) is 5.90. The minimum absolute atomic E-state index is 0.179. The van der Waals surface area contributed by atoms with Crippen LogP contribution in [0.3, 0.4) is 0 Å². The number of benzene rings is 2. The number of fused-ring (bicyclic) bond motifs is 1. The molecule has 0 saturated carbocycles. The number of hydrogen-bond acceptors (Lipinski definition) is 7. The predicted octanol–water partition coefficient (Wildman–Crippen LogP) is 1.75. The summed E-state index contributed by atoms with van der Waals surface area (Å²) in [5.41, 5.74) is 0.629. The van der Waals surface area contributed by atoms with Crippen LogP contribution in [0.2, 0.25) is 0 Å². The summed E-state index contributed by atoms with van der Waals surface area (Å²) < 4.78 is 29.6. The number of imide groups is 1. The van der Waals surface area contributed by atoms with Crippen LogP contribution in [-0.4, -0.2) is 50.3 Å². The lowest BCUT2D eigenvalue weighted by molar-refractivity contribution is -0.142. The van der Waals surface area contributed by atoms with Crippen LogP contribution >= 0.6 is 0 Å². The van der Waals surface area contributed by atoms with Gasteiger partial charge in [-0.2, -0.15) is 0 Å². The van der Waals surface area contributed by atoms with E-state index in [1.54, 1.807) is 12.1 Å². The number of nitrogens with one attached hydrogen (secondary N) is 1. The number of amides is 2. The summed E-state index contributed by atoms with van der Waals surface area (Å²) in [4.78, 5) is 39.5. The molecule has 168 valence electrons. The van der Waals surface area contributed by atoms with E-state index in [1.807, 2.05) is 0 Å². The summed E-state index contributed by atoms with van der Waals surface area (Å²) >= 11 is 0. The van der Waals surface area contributed by atoms with E-state index in [2.05, 4.69) is 5.32 Å². The molecular weight excluding hydrogens is 423 g/mol. The number of hydrogen-bond donors (Lipinski definition) is 2. The van der Waals surface area contributed by atoms with Gasteiger partial charge in [0.2, 0.25) is 17.6 Å². The highest BCUT2D eigenvalue weighted by atomic mass is 19.1. The number of halogens is 1. The smallest absolute Gasteiger partial charge is 0.321 e. The number of carbonyl (C=O) groups is 3. The van der Waals surface area contributed by atoms with Crippen molar-refractivity contribution in [2.45, 2.75) is 12.1 Å². The van der Waals surface area contributed by atoms with Gasteiger partial charge in [0.05, 0.1) is 38.9 Å². The van der Waals surface area contributed by atoms with E-state index >= 15 is 0 Å². The molecule has 32 heavy (non-hydrogen) atoms. The highest BCUT2D eigenvalue weighted by molar-refractivity contribution is 6.23. The summed E-state index contributed by atoms with van der Waals surface area (Å²) in [7, 11) is 4.30. The second-order valence-electron chi connectivity index (χ2n) is 7.42. The SMILES string of the molecule is COc1ccc([C@@H]2N[C@H](C(=O)O)[C@@H]3C(=O)N(c4ccc(F)cc4)C(=O)[C@H]32)c(OC)c1OC. The second kappa shape index (κ2) is 8.12. The highest BCUT2D eigenvalue weighted by Crippen LogP contribution is 2.50. The average molecular weight is 444 g/mol. The van der Waals surface area contributed by atoms with Crippen LogP contribution in [-0.2, 0) is 14.4 Å². The van der Waals surface area contributed by atoms with Gasteiger partial charge in [-0.05, 0) is 36.4 Å². The maximum atomic E-state index is 13.4. The van der Waals surface area contributed by atoms with E-state index < -0.39 is 47.5 Å². The molecule has 2 fully saturated rings. The molecular formula is C22H21FN2O7. The molecule has 2 aromatic rings. The zero-order valence-electron chi connectivity index (χ0n) is 17.5. The summed E-state index contributed by atoms with van der Waals surface area (Å²) in [5, 5.41) is 12.7. The Labute approximate surface area is 182 Å². The van der Waals surface area contributed by atoms with Gasteiger partial charge in [0.25, 0.3) is 0 Å². The molecule has 2 N–H and O–H groups in total. The Bertz CT molecular complexity index is 1090. The minimum Gasteiger partial charge on any atom is -0.493 e. The Hall–Kier alpha value is -3.66. The monoisotopic (exact) mass is 444 g/mol. The zero-order chi connectivity index (χ0) is 23.2. The van der Waals surface area contributed by atoms with Gasteiger partial charge in [-0.25, -0.2) is 9.29 Å². The van der Waals surface area contributed by atoms with Crippen molar-refractivity contribution in [3.63, 3.8) is 0 Å². The number of anilines is 1. The number of methoxy groups -OCH3 is 3. The fourth-order valence-electron chi connectivity index (χ4n) is 4.54. The lowest BCUT2D eigenvalue weighted by Crippen LogP contribution is -2.43. The van der Waals surface area contributed by atoms with Gasteiger partial charge < -0.3 is 19.3 Å². The molecule has 4 rings (SSSR count). The number of aliphatic carboxylic acids is 1. The fraction of sp³-hybridized carbons (Fsp3) is 0.318. The van der Waals surface area contributed by atoms with E-state index in [9.17, 15) is 23.9 Å². The Morgan fingerprint density at radius 1 is 0.938 bits per heavy atom. The molecule has 9 nitrogen and oxygen atoms in total. The Morgan fingerprint density at radius 2 is 1.56 bits per heavy atom. The number of carboxylic acid groups (broad SMARTS) is 1. The second-order valence-corrected chi connectivity index (χ2v) is 7.42. The van der Waals surface area contributed by atoms with Crippen molar-refractivity contribution >= 4 is 23.5 Å². The van der Waals surface area contributed by atoms with Crippen LogP contribution in [0.25, 0.3) is 0 Å². The topological polar surface area (TPSA) is 114 Å². The van der Waals surface area contributed by atoms with Crippen molar-refractivity contribution in [1.29, 1.82) is 0 Å². The third kappa shape index (κ3) is 3.14. The summed E-state index contributed by atoms with van der Waals surface area (Å²) in [6.07, 6.45) is 0. The largest absolute Gasteiger partial charge is 0.493 e. The van der Waals surface area contributed by atoms with Crippen LogP contribution in [0.4, 0.5) is 10.1 Å². The number of carboxylic acids is 1. The van der Waals surface area contributed by atoms with Gasteiger partial charge in [0.15, 0.2) is 11.5 Å². The lowest BCUT2D eigenvalue weighted by atomic mass is 9.86. The Morgan fingerprint density at radius 3 is 2.12 bits per heavy atom. The number of carbonyl (C=O) groups excluding carboxylic acids is 2. The molecule has 0 bridgehead atoms. The first-order valence-electron chi connectivity index (χ1n) is 9.75. The van der Waals surface area contributed by atoms with Gasteiger partial charge in [-0.1, -0.05) is 0 Å². The molecule has 0 radical (unpaired) electrons. The normalized spacial score (nSPS) is 24.4. The van der Waals surface area contributed by atoms with Crippen molar-refractivity contribution in [3.05, 3.63) is 47.8 Å². The van der Waals surface area contributed by atoms with Crippen molar-refractivity contribution in [2.24, 2.45) is 11.8 Å². The van der Waals surface area contributed by atoms with Gasteiger partial charge >= 0.3 is 5.97 Å². The zero-order valence-corrected chi connectivity index (χ0v) is 17.5. The van der Waals surface area contributed by atoms with E-state index in [0.29, 0.717) is 11.3 Å². The third-order valence-electron chi connectivity index (χ3n) is 5.90. The summed E-state index contributed by atoms with van der Waals surface area (Å²) in [6.45, 7) is 0. The quantitative estimate of drug-likeness (QED) is 0.648. The first-order valence-corrected chi connectivity index (χ1v) is 9.75. The van der Waals surface area contributed by atoms with E-state index in [0.717, 1.165) is 17.0 Å². The van der Waals surface area contributed by atoms with Crippen LogP contribution in [0.1, 0.15) is 11.6 Å². The summed E-state index contributed by atoms with van der Waals surface area (Å²) in [6, 6.07) is 5.97. The summed E-state index contributed by atoms with van der Waals surface area (Å²) in [5.74, 6) is -4.26.